The zero-order valence-electron chi connectivity index (χ0n) is 8.54. The van der Waals surface area contributed by atoms with E-state index in [4.69, 9.17) is 21.3 Å². The topological polar surface area (TPSA) is 36.9 Å². The van der Waals surface area contributed by atoms with E-state index in [1.165, 1.54) is 6.42 Å². The van der Waals surface area contributed by atoms with E-state index in [9.17, 15) is 0 Å². The molecular formula is C11H14ClNOS. The van der Waals surface area contributed by atoms with Gasteiger partial charge in [0.1, 0.15) is 5.76 Å². The van der Waals surface area contributed by atoms with Crippen LogP contribution in [-0.2, 0) is 5.75 Å². The summed E-state index contributed by atoms with van der Waals surface area (Å²) in [5.41, 5.74) is 0. The molecule has 0 aliphatic rings. The molecule has 0 amide bonds. The summed E-state index contributed by atoms with van der Waals surface area (Å²) < 4.78 is 5.23. The molecule has 2 nitrogen and oxygen atoms in total. The van der Waals surface area contributed by atoms with Crippen LogP contribution in [0.5, 0.6) is 0 Å². The summed E-state index contributed by atoms with van der Waals surface area (Å²) in [6.07, 6.45) is 4.00. The van der Waals surface area contributed by atoms with Gasteiger partial charge in [0.05, 0.1) is 11.8 Å². The van der Waals surface area contributed by atoms with E-state index in [0.29, 0.717) is 11.6 Å². The molecule has 0 saturated heterocycles. The average Bonchev–Trinajstić information content (AvgIpc) is 2.63. The van der Waals surface area contributed by atoms with Gasteiger partial charge in [0, 0.05) is 6.42 Å². The molecule has 0 spiro atoms. The largest absolute Gasteiger partial charge is 0.449 e. The summed E-state index contributed by atoms with van der Waals surface area (Å²) in [5, 5.41) is 8.80. The third-order valence-corrected chi connectivity index (χ3v) is 3.22. The third kappa shape index (κ3) is 5.76. The number of nitrogens with zero attached hydrogens (tertiary/aromatic N) is 1. The standard InChI is InChI=1S/C11H14ClNOS/c12-11-6-5-10(14-11)9-15-8-4-2-1-3-7-13/h5-6H,1-4,8-9H2. The van der Waals surface area contributed by atoms with Gasteiger partial charge in [-0.25, -0.2) is 0 Å². The van der Waals surface area contributed by atoms with E-state index in [2.05, 4.69) is 6.07 Å². The van der Waals surface area contributed by atoms with Crippen molar-refractivity contribution >= 4 is 23.4 Å². The number of thioether (sulfide) groups is 1. The minimum Gasteiger partial charge on any atom is -0.449 e. The maximum absolute atomic E-state index is 8.34. The minimum absolute atomic E-state index is 0.458. The monoisotopic (exact) mass is 243 g/mol. The zero-order chi connectivity index (χ0) is 10.9. The van der Waals surface area contributed by atoms with Crippen molar-refractivity contribution in [2.24, 2.45) is 0 Å². The molecule has 4 heteroatoms. The van der Waals surface area contributed by atoms with Crippen LogP contribution in [0.4, 0.5) is 0 Å². The van der Waals surface area contributed by atoms with Crippen molar-refractivity contribution in [3.8, 4) is 6.07 Å². The van der Waals surface area contributed by atoms with Crippen LogP contribution in [0.25, 0.3) is 0 Å². The number of unbranched alkanes of at least 4 members (excludes halogenated alkanes) is 3. The van der Waals surface area contributed by atoms with Crippen LogP contribution in [-0.4, -0.2) is 5.75 Å². The Bertz CT molecular complexity index is 319. The Morgan fingerprint density at radius 2 is 2.20 bits per heavy atom. The summed E-state index contributed by atoms with van der Waals surface area (Å²) in [5.74, 6) is 2.93. The van der Waals surface area contributed by atoms with Gasteiger partial charge < -0.3 is 4.42 Å². The van der Waals surface area contributed by atoms with Crippen LogP contribution < -0.4 is 0 Å². The fraction of sp³-hybridized carbons (Fsp3) is 0.545. The van der Waals surface area contributed by atoms with Crippen LogP contribution in [0.3, 0.4) is 0 Å². The molecule has 0 aliphatic carbocycles. The van der Waals surface area contributed by atoms with E-state index >= 15 is 0 Å². The number of rotatable bonds is 7. The molecule has 0 bridgehead atoms. The van der Waals surface area contributed by atoms with Gasteiger partial charge >= 0.3 is 0 Å². The second kappa shape index (κ2) is 7.67. The summed E-state index contributed by atoms with van der Waals surface area (Å²) in [6.45, 7) is 0. The van der Waals surface area contributed by atoms with Gasteiger partial charge in [0.25, 0.3) is 0 Å². The average molecular weight is 244 g/mol. The molecule has 1 heterocycles. The van der Waals surface area contributed by atoms with Gasteiger partial charge in [-0.05, 0) is 42.3 Å². The summed E-state index contributed by atoms with van der Waals surface area (Å²) in [4.78, 5) is 0. The Labute approximate surface area is 99.6 Å². The molecule has 0 unspecified atom stereocenters. The van der Waals surface area contributed by atoms with Crippen molar-refractivity contribution in [2.75, 3.05) is 5.75 Å². The highest BCUT2D eigenvalue weighted by atomic mass is 35.5. The van der Waals surface area contributed by atoms with Crippen LogP contribution in [0.2, 0.25) is 5.22 Å². The molecule has 0 N–H and O–H groups in total. The van der Waals surface area contributed by atoms with Crippen LogP contribution >= 0.6 is 23.4 Å². The first kappa shape index (κ1) is 12.5. The molecule has 15 heavy (non-hydrogen) atoms. The van der Waals surface area contributed by atoms with Crippen molar-refractivity contribution in [3.63, 3.8) is 0 Å². The van der Waals surface area contributed by atoms with E-state index in [0.717, 1.165) is 30.1 Å². The molecule has 0 aliphatic heterocycles. The number of halogens is 1. The first-order valence-corrected chi connectivity index (χ1v) is 6.55. The zero-order valence-corrected chi connectivity index (χ0v) is 10.1. The fourth-order valence-corrected chi connectivity index (χ4v) is 2.26. The van der Waals surface area contributed by atoms with Crippen molar-refractivity contribution in [1.82, 2.24) is 0 Å². The SMILES string of the molecule is N#CCCCCCSCc1ccc(Cl)o1. The highest BCUT2D eigenvalue weighted by molar-refractivity contribution is 7.98. The summed E-state index contributed by atoms with van der Waals surface area (Å²) >= 11 is 7.49. The summed E-state index contributed by atoms with van der Waals surface area (Å²) in [6, 6.07) is 5.83. The molecule has 1 aromatic heterocycles. The normalized spacial score (nSPS) is 10.1. The number of hydrogen-bond acceptors (Lipinski definition) is 3. The first-order chi connectivity index (χ1) is 7.33. The molecule has 0 atom stereocenters. The minimum atomic E-state index is 0.458. The van der Waals surface area contributed by atoms with Crippen LogP contribution in [0.1, 0.15) is 31.4 Å². The van der Waals surface area contributed by atoms with Crippen LogP contribution in [0, 0.1) is 11.3 Å². The summed E-state index contributed by atoms with van der Waals surface area (Å²) in [7, 11) is 0. The van der Waals surface area contributed by atoms with Gasteiger partial charge in [0.2, 0.25) is 0 Å². The molecule has 0 radical (unpaired) electrons. The van der Waals surface area contributed by atoms with Crippen molar-refractivity contribution < 1.29 is 4.42 Å². The van der Waals surface area contributed by atoms with Gasteiger partial charge in [-0.15, -0.1) is 0 Å². The highest BCUT2D eigenvalue weighted by Gasteiger charge is 1.99. The Hall–Kier alpha value is -0.590. The van der Waals surface area contributed by atoms with Gasteiger partial charge in [-0.1, -0.05) is 6.42 Å². The van der Waals surface area contributed by atoms with Gasteiger partial charge in [0.15, 0.2) is 5.22 Å². The van der Waals surface area contributed by atoms with E-state index in [1.807, 2.05) is 17.8 Å². The predicted molar refractivity (Wildman–Crippen MR) is 64.0 cm³/mol. The Morgan fingerprint density at radius 1 is 1.33 bits per heavy atom. The molecule has 1 aromatic rings. The van der Waals surface area contributed by atoms with Crippen LogP contribution in [0.15, 0.2) is 16.5 Å². The second-order valence-corrected chi connectivity index (χ2v) is 4.70. The van der Waals surface area contributed by atoms with E-state index in [1.54, 1.807) is 6.07 Å². The molecule has 0 aromatic carbocycles. The predicted octanol–water partition coefficient (Wildman–Crippen LogP) is 4.25. The van der Waals surface area contributed by atoms with Crippen molar-refractivity contribution in [3.05, 3.63) is 23.1 Å². The molecule has 1 rings (SSSR count). The molecular weight excluding hydrogens is 230 g/mol. The Balaban J connectivity index is 1.96. The smallest absolute Gasteiger partial charge is 0.193 e. The van der Waals surface area contributed by atoms with E-state index in [-0.39, 0.29) is 0 Å². The fourth-order valence-electron chi connectivity index (χ4n) is 1.19. The van der Waals surface area contributed by atoms with Crippen molar-refractivity contribution in [2.45, 2.75) is 31.4 Å². The second-order valence-electron chi connectivity index (χ2n) is 3.23. The van der Waals surface area contributed by atoms with Crippen molar-refractivity contribution in [1.29, 1.82) is 5.26 Å². The maximum Gasteiger partial charge on any atom is 0.193 e. The lowest BCUT2D eigenvalue weighted by molar-refractivity contribution is 0.532. The third-order valence-electron chi connectivity index (χ3n) is 1.95. The van der Waals surface area contributed by atoms with E-state index < -0.39 is 0 Å². The lowest BCUT2D eigenvalue weighted by atomic mass is 10.2. The molecule has 82 valence electrons. The number of furan rings is 1. The molecule has 0 fully saturated rings. The number of nitriles is 1. The maximum atomic E-state index is 8.34. The Kier molecular flexibility index (Phi) is 6.38. The molecule has 0 saturated carbocycles. The Morgan fingerprint density at radius 3 is 2.87 bits per heavy atom. The lowest BCUT2D eigenvalue weighted by Gasteiger charge is -1.98. The quantitative estimate of drug-likeness (QED) is 0.672. The first-order valence-electron chi connectivity index (χ1n) is 5.02. The lowest BCUT2D eigenvalue weighted by Crippen LogP contribution is -1.82. The highest BCUT2D eigenvalue weighted by Crippen LogP contribution is 2.19. The van der Waals surface area contributed by atoms with Gasteiger partial charge in [-0.3, -0.25) is 0 Å². The van der Waals surface area contributed by atoms with Gasteiger partial charge in [-0.2, -0.15) is 17.0 Å². The number of hydrogen-bond donors (Lipinski definition) is 0.